The van der Waals surface area contributed by atoms with Crippen LogP contribution in [-0.4, -0.2) is 66.6 Å². The molecular formula is C20H27N3O2. The quantitative estimate of drug-likeness (QED) is 0.914. The fourth-order valence-corrected chi connectivity index (χ4v) is 4.35. The van der Waals surface area contributed by atoms with E-state index in [1.807, 2.05) is 35.4 Å². The predicted octanol–water partition coefficient (Wildman–Crippen LogP) is 2.74. The van der Waals surface area contributed by atoms with E-state index >= 15 is 0 Å². The molecule has 1 N–H and O–H groups in total. The van der Waals surface area contributed by atoms with Crippen molar-refractivity contribution in [1.29, 1.82) is 0 Å². The molecule has 2 aromatic rings. The van der Waals surface area contributed by atoms with Crippen LogP contribution in [0.15, 0.2) is 30.5 Å². The van der Waals surface area contributed by atoms with Crippen LogP contribution in [0.5, 0.6) is 0 Å². The molecule has 134 valence electrons. The number of likely N-dealkylation sites (N-methyl/N-ethyl adjacent to an activating group) is 1. The standard InChI is InChI=1S/C20H27N3O2/c1-2-22-10-11-25-15-20(13-22)7-3-9-23(14-20)19(24)17-4-5-18-16(12-17)6-8-21-18/h4-6,8,12,21H,2-3,7,9-11,13-15H2,1H3/t20-/m0/s1. The highest BCUT2D eigenvalue weighted by molar-refractivity contribution is 5.98. The van der Waals surface area contributed by atoms with Crippen LogP contribution in [0.3, 0.4) is 0 Å². The van der Waals surface area contributed by atoms with E-state index in [1.54, 1.807) is 0 Å². The van der Waals surface area contributed by atoms with Gasteiger partial charge in [0.1, 0.15) is 0 Å². The van der Waals surface area contributed by atoms with Gasteiger partial charge < -0.3 is 19.5 Å². The summed E-state index contributed by atoms with van der Waals surface area (Å²) in [6.07, 6.45) is 4.11. The number of nitrogens with one attached hydrogen (secondary N) is 1. The summed E-state index contributed by atoms with van der Waals surface area (Å²) in [5.41, 5.74) is 1.94. The number of carbonyl (C=O) groups excluding carboxylic acids is 1. The first-order chi connectivity index (χ1) is 12.2. The average molecular weight is 341 g/mol. The summed E-state index contributed by atoms with van der Waals surface area (Å²) in [6.45, 7) is 8.49. The molecule has 2 aliphatic heterocycles. The van der Waals surface area contributed by atoms with Crippen molar-refractivity contribution >= 4 is 16.8 Å². The highest BCUT2D eigenvalue weighted by atomic mass is 16.5. The number of aromatic nitrogens is 1. The molecule has 1 aromatic heterocycles. The first-order valence-corrected chi connectivity index (χ1v) is 9.36. The number of ether oxygens (including phenoxy) is 1. The van der Waals surface area contributed by atoms with E-state index in [0.29, 0.717) is 0 Å². The molecule has 25 heavy (non-hydrogen) atoms. The van der Waals surface area contributed by atoms with Gasteiger partial charge in [0.15, 0.2) is 0 Å². The van der Waals surface area contributed by atoms with Crippen LogP contribution in [0.1, 0.15) is 30.1 Å². The number of likely N-dealkylation sites (tertiary alicyclic amines) is 1. The van der Waals surface area contributed by atoms with Crippen LogP contribution in [0, 0.1) is 5.41 Å². The molecular weight excluding hydrogens is 314 g/mol. The SMILES string of the molecule is CCN1CCOC[C@@]2(CCCN(C(=O)c3ccc4[nH]ccc4c3)C2)C1. The van der Waals surface area contributed by atoms with Gasteiger partial charge >= 0.3 is 0 Å². The molecule has 0 unspecified atom stereocenters. The van der Waals surface area contributed by atoms with Crippen molar-refractivity contribution in [2.75, 3.05) is 45.9 Å². The van der Waals surface area contributed by atoms with E-state index in [2.05, 4.69) is 16.8 Å². The average Bonchev–Trinajstić information content (AvgIpc) is 3.03. The van der Waals surface area contributed by atoms with Crippen LogP contribution in [0.4, 0.5) is 0 Å². The Morgan fingerprint density at radius 3 is 3.08 bits per heavy atom. The molecule has 1 amide bonds. The minimum absolute atomic E-state index is 0.0820. The number of nitrogens with zero attached hydrogens (tertiary/aromatic N) is 2. The molecule has 0 saturated carbocycles. The van der Waals surface area contributed by atoms with Gasteiger partial charge in [-0.2, -0.15) is 0 Å². The summed E-state index contributed by atoms with van der Waals surface area (Å²) in [6, 6.07) is 7.94. The molecule has 5 heteroatoms. The van der Waals surface area contributed by atoms with E-state index in [-0.39, 0.29) is 11.3 Å². The first kappa shape index (κ1) is 16.6. The van der Waals surface area contributed by atoms with Crippen molar-refractivity contribution in [2.24, 2.45) is 5.41 Å². The number of rotatable bonds is 2. The first-order valence-electron chi connectivity index (χ1n) is 9.36. The number of H-pyrrole nitrogens is 1. The number of amides is 1. The predicted molar refractivity (Wildman–Crippen MR) is 98.8 cm³/mol. The van der Waals surface area contributed by atoms with E-state index in [9.17, 15) is 4.79 Å². The fourth-order valence-electron chi connectivity index (χ4n) is 4.35. The Bertz CT molecular complexity index is 756. The summed E-state index contributed by atoms with van der Waals surface area (Å²) in [5.74, 6) is 0.148. The van der Waals surface area contributed by atoms with Crippen LogP contribution in [-0.2, 0) is 4.74 Å². The lowest BCUT2D eigenvalue weighted by molar-refractivity contribution is 0.00767. The molecule has 2 aliphatic rings. The van der Waals surface area contributed by atoms with Gasteiger partial charge in [-0.3, -0.25) is 4.79 Å². The largest absolute Gasteiger partial charge is 0.379 e. The van der Waals surface area contributed by atoms with Crippen molar-refractivity contribution in [3.8, 4) is 0 Å². The topological polar surface area (TPSA) is 48.6 Å². The summed E-state index contributed by atoms with van der Waals surface area (Å²) >= 11 is 0. The second-order valence-corrected chi connectivity index (χ2v) is 7.53. The maximum atomic E-state index is 13.1. The molecule has 2 saturated heterocycles. The Kier molecular flexibility index (Phi) is 4.52. The summed E-state index contributed by atoms with van der Waals surface area (Å²) in [4.78, 5) is 20.8. The van der Waals surface area contributed by atoms with Gasteiger partial charge in [-0.05, 0) is 43.7 Å². The zero-order valence-corrected chi connectivity index (χ0v) is 15.0. The number of benzene rings is 1. The number of piperidine rings is 1. The van der Waals surface area contributed by atoms with Gasteiger partial charge in [-0.1, -0.05) is 6.92 Å². The number of hydrogen-bond acceptors (Lipinski definition) is 3. The lowest BCUT2D eigenvalue weighted by Gasteiger charge is -2.43. The van der Waals surface area contributed by atoms with E-state index in [1.165, 1.54) is 0 Å². The Labute approximate surface area is 148 Å². The Balaban J connectivity index is 1.54. The van der Waals surface area contributed by atoms with Gasteiger partial charge in [0.2, 0.25) is 0 Å². The Hall–Kier alpha value is -1.85. The molecule has 0 bridgehead atoms. The van der Waals surface area contributed by atoms with Crippen LogP contribution in [0.2, 0.25) is 0 Å². The third kappa shape index (κ3) is 3.31. The molecule has 3 heterocycles. The van der Waals surface area contributed by atoms with Crippen molar-refractivity contribution in [2.45, 2.75) is 19.8 Å². The number of aromatic amines is 1. The zero-order valence-electron chi connectivity index (χ0n) is 15.0. The van der Waals surface area contributed by atoms with Gasteiger partial charge in [0, 0.05) is 54.3 Å². The molecule has 2 fully saturated rings. The van der Waals surface area contributed by atoms with Crippen LogP contribution in [0.25, 0.3) is 10.9 Å². The maximum Gasteiger partial charge on any atom is 0.253 e. The van der Waals surface area contributed by atoms with Gasteiger partial charge in [-0.25, -0.2) is 0 Å². The van der Waals surface area contributed by atoms with E-state index in [4.69, 9.17) is 4.74 Å². The molecule has 4 rings (SSSR count). The number of fused-ring (bicyclic) bond motifs is 1. The summed E-state index contributed by atoms with van der Waals surface area (Å²) in [5, 5.41) is 1.09. The second-order valence-electron chi connectivity index (χ2n) is 7.53. The Morgan fingerprint density at radius 2 is 2.20 bits per heavy atom. The van der Waals surface area contributed by atoms with Crippen molar-refractivity contribution in [1.82, 2.24) is 14.8 Å². The Morgan fingerprint density at radius 1 is 1.28 bits per heavy atom. The van der Waals surface area contributed by atoms with Crippen LogP contribution < -0.4 is 0 Å². The minimum Gasteiger partial charge on any atom is -0.379 e. The minimum atomic E-state index is 0.0820. The lowest BCUT2D eigenvalue weighted by Crippen LogP contribution is -2.52. The molecule has 0 radical (unpaired) electrons. The third-order valence-corrected chi connectivity index (χ3v) is 5.72. The van der Waals surface area contributed by atoms with Gasteiger partial charge in [0.05, 0.1) is 13.2 Å². The molecule has 0 aliphatic carbocycles. The van der Waals surface area contributed by atoms with E-state index in [0.717, 1.165) is 75.2 Å². The molecule has 1 aromatic carbocycles. The second kappa shape index (κ2) is 6.81. The van der Waals surface area contributed by atoms with Gasteiger partial charge in [0.25, 0.3) is 5.91 Å². The van der Waals surface area contributed by atoms with Crippen molar-refractivity contribution in [3.05, 3.63) is 36.0 Å². The molecule has 5 nitrogen and oxygen atoms in total. The summed E-state index contributed by atoms with van der Waals surface area (Å²) < 4.78 is 5.92. The smallest absolute Gasteiger partial charge is 0.253 e. The number of carbonyl (C=O) groups is 1. The normalized spacial score (nSPS) is 25.4. The lowest BCUT2D eigenvalue weighted by atomic mass is 9.80. The molecule has 1 atom stereocenters. The molecule has 1 spiro atoms. The van der Waals surface area contributed by atoms with Crippen molar-refractivity contribution in [3.63, 3.8) is 0 Å². The fraction of sp³-hybridized carbons (Fsp3) is 0.550. The monoisotopic (exact) mass is 341 g/mol. The third-order valence-electron chi connectivity index (χ3n) is 5.72. The highest BCUT2D eigenvalue weighted by Crippen LogP contribution is 2.33. The highest BCUT2D eigenvalue weighted by Gasteiger charge is 2.40. The van der Waals surface area contributed by atoms with E-state index < -0.39 is 0 Å². The zero-order chi connectivity index (χ0) is 17.3. The number of hydrogen-bond donors (Lipinski definition) is 1. The van der Waals surface area contributed by atoms with Crippen LogP contribution >= 0.6 is 0 Å². The van der Waals surface area contributed by atoms with Gasteiger partial charge in [-0.15, -0.1) is 0 Å². The summed E-state index contributed by atoms with van der Waals surface area (Å²) in [7, 11) is 0. The van der Waals surface area contributed by atoms with Crippen molar-refractivity contribution < 1.29 is 9.53 Å². The maximum absolute atomic E-state index is 13.1.